The van der Waals surface area contributed by atoms with Crippen LogP contribution in [0, 0.1) is 0 Å². The van der Waals surface area contributed by atoms with Gasteiger partial charge in [0.05, 0.1) is 5.88 Å². The maximum atomic E-state index is 12.5. The van der Waals surface area contributed by atoms with Crippen molar-refractivity contribution in [2.75, 3.05) is 18.4 Å². The first-order valence-corrected chi connectivity index (χ1v) is 8.30. The zero-order chi connectivity index (χ0) is 15.6. The summed E-state index contributed by atoms with van der Waals surface area (Å²) in [5.74, 6) is 2.66. The Morgan fingerprint density at radius 1 is 1.26 bits per heavy atom. The van der Waals surface area contributed by atoms with Gasteiger partial charge in [0.2, 0.25) is 12.8 Å². The van der Waals surface area contributed by atoms with Crippen LogP contribution in [0.4, 0.5) is 0 Å². The van der Waals surface area contributed by atoms with Crippen molar-refractivity contribution in [2.45, 2.75) is 6.04 Å². The number of carbonyl (C=O) groups is 2. The average Bonchev–Trinajstić information content (AvgIpc) is 3.27. The van der Waals surface area contributed by atoms with Crippen LogP contribution in [0.3, 0.4) is 0 Å². The molecule has 4 heterocycles. The SMILES string of the molecule is O=C1/C(=C\c2ccc3c(c2)OCO3)N=C2N1C(=O)C1CSCN21. The van der Waals surface area contributed by atoms with Gasteiger partial charge in [0.15, 0.2) is 11.5 Å². The number of rotatable bonds is 1. The number of fused-ring (bicyclic) bond motifs is 4. The third kappa shape index (κ3) is 1.75. The fourth-order valence-corrected chi connectivity index (χ4v) is 4.19. The van der Waals surface area contributed by atoms with Gasteiger partial charge in [0.25, 0.3) is 11.8 Å². The highest BCUT2D eigenvalue weighted by molar-refractivity contribution is 7.99. The van der Waals surface area contributed by atoms with Gasteiger partial charge in [-0.3, -0.25) is 9.59 Å². The highest BCUT2D eigenvalue weighted by Crippen LogP contribution is 2.36. The fourth-order valence-electron chi connectivity index (χ4n) is 3.05. The number of carbonyl (C=O) groups excluding carboxylic acids is 2. The third-order valence-corrected chi connectivity index (χ3v) is 5.20. The van der Waals surface area contributed by atoms with E-state index >= 15 is 0 Å². The van der Waals surface area contributed by atoms with Crippen LogP contribution in [-0.2, 0) is 9.59 Å². The van der Waals surface area contributed by atoms with Gasteiger partial charge >= 0.3 is 0 Å². The maximum absolute atomic E-state index is 12.5. The predicted octanol–water partition coefficient (Wildman–Crippen LogP) is 0.869. The van der Waals surface area contributed by atoms with Crippen molar-refractivity contribution < 1.29 is 19.1 Å². The molecule has 5 rings (SSSR count). The second-order valence-corrected chi connectivity index (χ2v) is 6.52. The van der Waals surface area contributed by atoms with Gasteiger partial charge in [-0.05, 0) is 23.8 Å². The molecule has 1 aromatic rings. The summed E-state index contributed by atoms with van der Waals surface area (Å²) in [7, 11) is 0. The maximum Gasteiger partial charge on any atom is 0.286 e. The van der Waals surface area contributed by atoms with E-state index in [1.54, 1.807) is 30.0 Å². The molecule has 1 aromatic carbocycles. The Morgan fingerprint density at radius 3 is 3.04 bits per heavy atom. The number of ether oxygens (including phenoxy) is 2. The molecule has 2 fully saturated rings. The van der Waals surface area contributed by atoms with Crippen molar-refractivity contribution in [3.8, 4) is 11.5 Å². The summed E-state index contributed by atoms with van der Waals surface area (Å²) in [6, 6.07) is 5.17. The van der Waals surface area contributed by atoms with Crippen molar-refractivity contribution in [2.24, 2.45) is 4.99 Å². The number of guanidine groups is 1. The molecule has 1 unspecified atom stereocenters. The number of nitrogens with zero attached hydrogens (tertiary/aromatic N) is 3. The second-order valence-electron chi connectivity index (χ2n) is 5.52. The molecule has 116 valence electrons. The first-order valence-electron chi connectivity index (χ1n) is 7.15. The van der Waals surface area contributed by atoms with Gasteiger partial charge < -0.3 is 14.4 Å². The number of hydrogen-bond donors (Lipinski definition) is 0. The summed E-state index contributed by atoms with van der Waals surface area (Å²) in [5.41, 5.74) is 1.05. The fraction of sp³-hybridized carbons (Fsp3) is 0.267. The standard InChI is InChI=1S/C15H11N3O4S/c19-13-9(3-8-1-2-11-12(4-8)22-7-21-11)16-15-17-6-23-5-10(17)14(20)18(13)15/h1-4,10H,5-7H2/b9-3+. The van der Waals surface area contributed by atoms with E-state index < -0.39 is 0 Å². The molecule has 0 spiro atoms. The van der Waals surface area contributed by atoms with Gasteiger partial charge in [-0.25, -0.2) is 9.89 Å². The molecular weight excluding hydrogens is 318 g/mol. The molecule has 8 heteroatoms. The van der Waals surface area contributed by atoms with Crippen LogP contribution in [0.5, 0.6) is 11.5 Å². The smallest absolute Gasteiger partial charge is 0.286 e. The van der Waals surface area contributed by atoms with Crippen LogP contribution in [0.15, 0.2) is 28.9 Å². The second kappa shape index (κ2) is 4.51. The quantitative estimate of drug-likeness (QED) is 0.562. The highest BCUT2D eigenvalue weighted by Gasteiger charge is 2.52. The molecule has 0 aliphatic carbocycles. The number of hydrogen-bond acceptors (Lipinski definition) is 7. The van der Waals surface area contributed by atoms with E-state index in [0.29, 0.717) is 29.1 Å². The summed E-state index contributed by atoms with van der Waals surface area (Å²) in [4.78, 5) is 32.3. The molecule has 0 radical (unpaired) electrons. The van der Waals surface area contributed by atoms with Crippen LogP contribution in [0.1, 0.15) is 5.56 Å². The van der Waals surface area contributed by atoms with Crippen molar-refractivity contribution in [1.82, 2.24) is 9.80 Å². The lowest BCUT2D eigenvalue weighted by Gasteiger charge is -2.11. The van der Waals surface area contributed by atoms with Gasteiger partial charge in [-0.15, -0.1) is 11.8 Å². The minimum atomic E-state index is -0.359. The lowest BCUT2D eigenvalue weighted by molar-refractivity contribution is -0.136. The first kappa shape index (κ1) is 13.0. The van der Waals surface area contributed by atoms with Crippen LogP contribution >= 0.6 is 11.8 Å². The lowest BCUT2D eigenvalue weighted by Crippen LogP contribution is -2.35. The summed E-state index contributed by atoms with van der Waals surface area (Å²) < 4.78 is 10.6. The molecule has 0 aromatic heterocycles. The van der Waals surface area contributed by atoms with Crippen molar-refractivity contribution in [1.29, 1.82) is 0 Å². The summed E-state index contributed by atoms with van der Waals surface area (Å²) in [6.45, 7) is 0.201. The van der Waals surface area contributed by atoms with E-state index in [0.717, 1.165) is 5.56 Å². The minimum absolute atomic E-state index is 0.173. The molecular formula is C15H11N3O4S. The summed E-state index contributed by atoms with van der Waals surface area (Å²) in [6.07, 6.45) is 1.67. The molecule has 0 bridgehead atoms. The number of amides is 2. The molecule has 7 nitrogen and oxygen atoms in total. The van der Waals surface area contributed by atoms with Crippen molar-refractivity contribution in [3.63, 3.8) is 0 Å². The summed E-state index contributed by atoms with van der Waals surface area (Å²) in [5, 5.41) is 0. The Kier molecular flexibility index (Phi) is 2.55. The van der Waals surface area contributed by atoms with Crippen LogP contribution < -0.4 is 9.47 Å². The monoisotopic (exact) mass is 329 g/mol. The molecule has 1 atom stereocenters. The number of thioether (sulfide) groups is 1. The molecule has 4 aliphatic heterocycles. The Balaban J connectivity index is 1.52. The normalized spacial score (nSPS) is 26.2. The van der Waals surface area contributed by atoms with E-state index in [2.05, 4.69) is 4.99 Å². The first-order chi connectivity index (χ1) is 11.2. The Morgan fingerprint density at radius 2 is 2.13 bits per heavy atom. The predicted molar refractivity (Wildman–Crippen MR) is 82.8 cm³/mol. The zero-order valence-electron chi connectivity index (χ0n) is 11.9. The molecule has 0 saturated carbocycles. The van der Waals surface area contributed by atoms with Gasteiger partial charge in [0, 0.05) is 5.75 Å². The van der Waals surface area contributed by atoms with Crippen LogP contribution in [0.25, 0.3) is 6.08 Å². The zero-order valence-corrected chi connectivity index (χ0v) is 12.7. The largest absolute Gasteiger partial charge is 0.454 e. The van der Waals surface area contributed by atoms with E-state index in [1.807, 2.05) is 11.0 Å². The van der Waals surface area contributed by atoms with E-state index in [-0.39, 0.29) is 30.3 Å². The molecule has 4 aliphatic rings. The van der Waals surface area contributed by atoms with Crippen LogP contribution in [0.2, 0.25) is 0 Å². The molecule has 0 N–H and O–H groups in total. The third-order valence-electron chi connectivity index (χ3n) is 4.19. The number of benzene rings is 1. The van der Waals surface area contributed by atoms with E-state index in [9.17, 15) is 9.59 Å². The number of imide groups is 1. The average molecular weight is 329 g/mol. The molecule has 2 amide bonds. The van der Waals surface area contributed by atoms with Gasteiger partial charge in [0.1, 0.15) is 11.7 Å². The van der Waals surface area contributed by atoms with Crippen molar-refractivity contribution >= 4 is 35.6 Å². The topological polar surface area (TPSA) is 71.4 Å². The molecule has 2 saturated heterocycles. The Bertz CT molecular complexity index is 819. The van der Waals surface area contributed by atoms with E-state index in [1.165, 1.54) is 4.90 Å². The van der Waals surface area contributed by atoms with Gasteiger partial charge in [-0.2, -0.15) is 0 Å². The Labute approximate surface area is 135 Å². The van der Waals surface area contributed by atoms with E-state index in [4.69, 9.17) is 9.47 Å². The highest BCUT2D eigenvalue weighted by atomic mass is 32.2. The number of aliphatic imine (C=N–C) groups is 1. The lowest BCUT2D eigenvalue weighted by atomic mass is 10.1. The summed E-state index contributed by atoms with van der Waals surface area (Å²) >= 11 is 1.68. The Hall–Kier alpha value is -2.48. The minimum Gasteiger partial charge on any atom is -0.454 e. The molecule has 23 heavy (non-hydrogen) atoms. The van der Waals surface area contributed by atoms with Crippen LogP contribution in [-0.4, -0.2) is 52.0 Å². The van der Waals surface area contributed by atoms with Crippen molar-refractivity contribution in [3.05, 3.63) is 29.5 Å². The van der Waals surface area contributed by atoms with Gasteiger partial charge in [-0.1, -0.05) is 6.07 Å².